The van der Waals surface area contributed by atoms with E-state index in [1.54, 1.807) is 17.1 Å². The lowest BCUT2D eigenvalue weighted by Crippen LogP contribution is -2.34. The van der Waals surface area contributed by atoms with E-state index < -0.39 is 0 Å². The first kappa shape index (κ1) is 16.9. The first-order valence-electron chi connectivity index (χ1n) is 9.52. The summed E-state index contributed by atoms with van der Waals surface area (Å²) in [4.78, 5) is 20.6. The molecule has 1 aliphatic heterocycles. The molecule has 0 aliphatic carbocycles. The summed E-state index contributed by atoms with van der Waals surface area (Å²) in [7, 11) is 3.95. The SMILES string of the molecule is Cn1cc(-c2nc(C3CCN(c4ncccn4)CC3)cc3c2ncn3C)cn1. The molecule has 0 amide bonds. The quantitative estimate of drug-likeness (QED) is 0.548. The molecule has 0 aromatic carbocycles. The highest BCUT2D eigenvalue weighted by molar-refractivity contribution is 5.89. The number of aromatic nitrogens is 7. The van der Waals surface area contributed by atoms with E-state index in [1.165, 1.54) is 0 Å². The van der Waals surface area contributed by atoms with Gasteiger partial charge in [-0.05, 0) is 25.0 Å². The summed E-state index contributed by atoms with van der Waals surface area (Å²) in [6, 6.07) is 4.05. The molecule has 4 aromatic heterocycles. The minimum atomic E-state index is 0.412. The normalized spacial score (nSPS) is 15.4. The monoisotopic (exact) mass is 374 g/mol. The zero-order valence-electron chi connectivity index (χ0n) is 16.0. The van der Waals surface area contributed by atoms with Crippen molar-refractivity contribution in [3.8, 4) is 11.3 Å². The lowest BCUT2D eigenvalue weighted by atomic mass is 9.92. The molecule has 0 saturated carbocycles. The van der Waals surface area contributed by atoms with Crippen molar-refractivity contribution in [2.45, 2.75) is 18.8 Å². The van der Waals surface area contributed by atoms with Crippen LogP contribution in [0.15, 0.2) is 43.2 Å². The highest BCUT2D eigenvalue weighted by Gasteiger charge is 2.25. The van der Waals surface area contributed by atoms with Crippen molar-refractivity contribution < 1.29 is 0 Å². The maximum atomic E-state index is 5.04. The fraction of sp³-hybridized carbons (Fsp3) is 0.350. The number of piperidine rings is 1. The van der Waals surface area contributed by atoms with Gasteiger partial charge in [-0.2, -0.15) is 5.10 Å². The van der Waals surface area contributed by atoms with Crippen LogP contribution in [0.1, 0.15) is 24.5 Å². The number of hydrogen-bond donors (Lipinski definition) is 0. The van der Waals surface area contributed by atoms with Gasteiger partial charge in [0.25, 0.3) is 0 Å². The van der Waals surface area contributed by atoms with Gasteiger partial charge in [0, 0.05) is 63.0 Å². The standard InChI is InChI=1S/C20H22N8/c1-26-13-23-19-17(26)10-16(25-18(19)15-11-24-27(2)12-15)14-4-8-28(9-5-14)20-21-6-3-7-22-20/h3,6-7,10-14H,4-5,8-9H2,1-2H3. The van der Waals surface area contributed by atoms with E-state index in [2.05, 4.69) is 35.6 Å². The van der Waals surface area contributed by atoms with Crippen LogP contribution in [-0.2, 0) is 14.1 Å². The summed E-state index contributed by atoms with van der Waals surface area (Å²) in [6.07, 6.45) is 11.4. The molecule has 1 saturated heterocycles. The number of imidazole rings is 1. The maximum Gasteiger partial charge on any atom is 0.225 e. The second-order valence-corrected chi connectivity index (χ2v) is 7.33. The highest BCUT2D eigenvalue weighted by Crippen LogP contribution is 2.33. The van der Waals surface area contributed by atoms with E-state index in [-0.39, 0.29) is 0 Å². The fourth-order valence-corrected chi connectivity index (χ4v) is 3.93. The highest BCUT2D eigenvalue weighted by atomic mass is 15.3. The molecule has 4 aromatic rings. The number of fused-ring (bicyclic) bond motifs is 1. The zero-order valence-corrected chi connectivity index (χ0v) is 16.0. The van der Waals surface area contributed by atoms with Gasteiger partial charge in [-0.15, -0.1) is 0 Å². The Balaban J connectivity index is 1.47. The number of hydrogen-bond acceptors (Lipinski definition) is 6. The molecule has 1 aliphatic rings. The lowest BCUT2D eigenvalue weighted by Gasteiger charge is -2.31. The van der Waals surface area contributed by atoms with Crippen molar-refractivity contribution in [2.75, 3.05) is 18.0 Å². The van der Waals surface area contributed by atoms with E-state index in [0.29, 0.717) is 5.92 Å². The van der Waals surface area contributed by atoms with Gasteiger partial charge in [-0.25, -0.2) is 19.9 Å². The van der Waals surface area contributed by atoms with Crippen molar-refractivity contribution in [1.29, 1.82) is 0 Å². The summed E-state index contributed by atoms with van der Waals surface area (Å²) in [6.45, 7) is 1.87. The molecule has 5 rings (SSSR count). The van der Waals surface area contributed by atoms with Gasteiger partial charge in [-0.3, -0.25) is 4.68 Å². The van der Waals surface area contributed by atoms with Gasteiger partial charge in [0.1, 0.15) is 11.2 Å². The van der Waals surface area contributed by atoms with Crippen molar-refractivity contribution in [3.63, 3.8) is 0 Å². The van der Waals surface area contributed by atoms with Crippen molar-refractivity contribution in [1.82, 2.24) is 34.3 Å². The van der Waals surface area contributed by atoms with Gasteiger partial charge in [0.2, 0.25) is 5.95 Å². The average Bonchev–Trinajstić information content (AvgIpc) is 3.34. The van der Waals surface area contributed by atoms with Crippen LogP contribution >= 0.6 is 0 Å². The summed E-state index contributed by atoms with van der Waals surface area (Å²) in [5.74, 6) is 1.22. The summed E-state index contributed by atoms with van der Waals surface area (Å²) < 4.78 is 3.87. The largest absolute Gasteiger partial charge is 0.341 e. The number of aryl methyl sites for hydroxylation is 2. The smallest absolute Gasteiger partial charge is 0.225 e. The topological polar surface area (TPSA) is 77.5 Å². The first-order chi connectivity index (χ1) is 13.7. The summed E-state index contributed by atoms with van der Waals surface area (Å²) in [5, 5.41) is 4.31. The molecule has 28 heavy (non-hydrogen) atoms. The van der Waals surface area contributed by atoms with Crippen molar-refractivity contribution in [2.24, 2.45) is 14.1 Å². The Kier molecular flexibility index (Phi) is 4.03. The third-order valence-electron chi connectivity index (χ3n) is 5.46. The maximum absolute atomic E-state index is 5.04. The molecule has 0 radical (unpaired) electrons. The predicted octanol–water partition coefficient (Wildman–Crippen LogP) is 2.54. The van der Waals surface area contributed by atoms with E-state index >= 15 is 0 Å². The van der Waals surface area contributed by atoms with Crippen LogP contribution in [0.4, 0.5) is 5.95 Å². The molecule has 0 bridgehead atoms. The Morgan fingerprint density at radius 1 is 1.04 bits per heavy atom. The molecular weight excluding hydrogens is 352 g/mol. The molecule has 142 valence electrons. The van der Waals surface area contributed by atoms with Crippen LogP contribution in [-0.4, -0.2) is 47.4 Å². The van der Waals surface area contributed by atoms with Crippen LogP contribution < -0.4 is 4.90 Å². The Morgan fingerprint density at radius 3 is 2.54 bits per heavy atom. The molecule has 0 spiro atoms. The van der Waals surface area contributed by atoms with Gasteiger partial charge in [0.05, 0.1) is 18.0 Å². The molecule has 0 atom stereocenters. The molecule has 1 fully saturated rings. The number of anilines is 1. The molecule has 8 nitrogen and oxygen atoms in total. The number of rotatable bonds is 3. The molecular formula is C20H22N8. The van der Waals surface area contributed by atoms with Crippen LogP contribution in [0.25, 0.3) is 22.3 Å². The number of pyridine rings is 1. The Labute approximate surface area is 162 Å². The van der Waals surface area contributed by atoms with E-state index in [9.17, 15) is 0 Å². The molecule has 0 unspecified atom stereocenters. The Hall–Kier alpha value is -3.29. The number of nitrogens with zero attached hydrogens (tertiary/aromatic N) is 8. The molecule has 5 heterocycles. The van der Waals surface area contributed by atoms with Crippen LogP contribution in [0.3, 0.4) is 0 Å². The van der Waals surface area contributed by atoms with Crippen molar-refractivity contribution in [3.05, 3.63) is 48.9 Å². The van der Waals surface area contributed by atoms with E-state index in [0.717, 1.165) is 59.9 Å². The van der Waals surface area contributed by atoms with Gasteiger partial charge < -0.3 is 9.47 Å². The third-order valence-corrected chi connectivity index (χ3v) is 5.46. The van der Waals surface area contributed by atoms with Crippen molar-refractivity contribution >= 4 is 17.0 Å². The fourth-order valence-electron chi connectivity index (χ4n) is 3.93. The minimum absolute atomic E-state index is 0.412. The lowest BCUT2D eigenvalue weighted by molar-refractivity contribution is 0.491. The van der Waals surface area contributed by atoms with Crippen LogP contribution in [0.2, 0.25) is 0 Å². The Bertz CT molecular complexity index is 1110. The van der Waals surface area contributed by atoms with E-state index in [1.807, 2.05) is 38.9 Å². The predicted molar refractivity (Wildman–Crippen MR) is 107 cm³/mol. The second kappa shape index (κ2) is 6.70. The summed E-state index contributed by atoms with van der Waals surface area (Å²) >= 11 is 0. The minimum Gasteiger partial charge on any atom is -0.341 e. The van der Waals surface area contributed by atoms with Gasteiger partial charge in [-0.1, -0.05) is 0 Å². The van der Waals surface area contributed by atoms with Gasteiger partial charge in [0.15, 0.2) is 0 Å². The zero-order chi connectivity index (χ0) is 19.1. The summed E-state index contributed by atoms with van der Waals surface area (Å²) in [5.41, 5.74) is 5.08. The first-order valence-corrected chi connectivity index (χ1v) is 9.52. The second-order valence-electron chi connectivity index (χ2n) is 7.33. The van der Waals surface area contributed by atoms with E-state index in [4.69, 9.17) is 4.98 Å². The van der Waals surface area contributed by atoms with Crippen LogP contribution in [0.5, 0.6) is 0 Å². The average molecular weight is 374 g/mol. The molecule has 8 heteroatoms. The third kappa shape index (κ3) is 2.90. The van der Waals surface area contributed by atoms with Crippen LogP contribution in [0, 0.1) is 0 Å². The van der Waals surface area contributed by atoms with Gasteiger partial charge >= 0.3 is 0 Å². The Morgan fingerprint density at radius 2 is 1.82 bits per heavy atom. The molecule has 0 N–H and O–H groups in total.